The smallest absolute Gasteiger partial charge is 0.243 e. The van der Waals surface area contributed by atoms with Gasteiger partial charge in [-0.25, -0.2) is 4.39 Å². The molecule has 0 saturated heterocycles. The lowest BCUT2D eigenvalue weighted by Gasteiger charge is -2.35. The molecular formula is C25H29FN2O3. The summed E-state index contributed by atoms with van der Waals surface area (Å²) in [6.07, 6.45) is 4.30. The van der Waals surface area contributed by atoms with Gasteiger partial charge in [0.15, 0.2) is 0 Å². The van der Waals surface area contributed by atoms with Gasteiger partial charge in [0, 0.05) is 19.5 Å². The molecule has 1 atom stereocenters. The van der Waals surface area contributed by atoms with E-state index in [2.05, 4.69) is 0 Å². The number of carbonyl (C=O) groups is 2. The molecular weight excluding hydrogens is 395 g/mol. The Hall–Kier alpha value is -3.15. The highest BCUT2D eigenvalue weighted by molar-refractivity contribution is 5.85. The second-order valence-corrected chi connectivity index (χ2v) is 8.17. The molecule has 2 amide bonds. The van der Waals surface area contributed by atoms with E-state index in [-0.39, 0.29) is 36.1 Å². The van der Waals surface area contributed by atoms with Crippen molar-refractivity contribution in [2.24, 2.45) is 5.92 Å². The fourth-order valence-corrected chi connectivity index (χ4v) is 3.63. The monoisotopic (exact) mass is 424 g/mol. The molecule has 1 aliphatic heterocycles. The minimum absolute atomic E-state index is 0.0176. The van der Waals surface area contributed by atoms with E-state index in [0.717, 1.165) is 16.9 Å². The molecule has 0 N–H and O–H groups in total. The summed E-state index contributed by atoms with van der Waals surface area (Å²) in [5, 5.41) is 0. The topological polar surface area (TPSA) is 49.9 Å². The van der Waals surface area contributed by atoms with Gasteiger partial charge in [0.2, 0.25) is 11.8 Å². The van der Waals surface area contributed by atoms with Gasteiger partial charge < -0.3 is 14.5 Å². The first kappa shape index (κ1) is 22.5. The quantitative estimate of drug-likeness (QED) is 0.648. The second kappa shape index (κ2) is 10.2. The van der Waals surface area contributed by atoms with Crippen LogP contribution in [0.25, 0.3) is 0 Å². The summed E-state index contributed by atoms with van der Waals surface area (Å²) in [5.41, 5.74) is 1.76. The van der Waals surface area contributed by atoms with Gasteiger partial charge in [0.05, 0.1) is 13.2 Å². The summed E-state index contributed by atoms with van der Waals surface area (Å²) < 4.78 is 18.6. The van der Waals surface area contributed by atoms with E-state index in [1.807, 2.05) is 50.3 Å². The lowest BCUT2D eigenvalue weighted by molar-refractivity contribution is -0.142. The van der Waals surface area contributed by atoms with E-state index < -0.39 is 0 Å². The molecule has 0 saturated carbocycles. The fourth-order valence-electron chi connectivity index (χ4n) is 3.63. The Morgan fingerprint density at radius 1 is 1.13 bits per heavy atom. The number of rotatable bonds is 6. The Labute approximate surface area is 183 Å². The van der Waals surface area contributed by atoms with Crippen LogP contribution in [0.1, 0.15) is 37.4 Å². The average molecular weight is 425 g/mol. The van der Waals surface area contributed by atoms with Crippen molar-refractivity contribution < 1.29 is 18.7 Å². The van der Waals surface area contributed by atoms with Gasteiger partial charge in [-0.05, 0) is 41.3 Å². The van der Waals surface area contributed by atoms with Crippen LogP contribution < -0.4 is 4.74 Å². The number of nitrogens with zero attached hydrogens (tertiary/aromatic N) is 2. The third-order valence-corrected chi connectivity index (χ3v) is 5.29. The molecule has 3 rings (SSSR count). The van der Waals surface area contributed by atoms with Gasteiger partial charge >= 0.3 is 0 Å². The first-order valence-corrected chi connectivity index (χ1v) is 10.5. The number of benzene rings is 2. The Morgan fingerprint density at radius 3 is 2.42 bits per heavy atom. The zero-order valence-corrected chi connectivity index (χ0v) is 18.3. The van der Waals surface area contributed by atoms with Crippen molar-refractivity contribution >= 4 is 11.8 Å². The average Bonchev–Trinajstić information content (AvgIpc) is 2.74. The van der Waals surface area contributed by atoms with Crippen molar-refractivity contribution in [3.63, 3.8) is 0 Å². The predicted molar refractivity (Wildman–Crippen MR) is 118 cm³/mol. The standard InChI is InChI=1S/C25H29FN2O3/c1-18(2)15-24(29)27-14-4-5-23(20-8-12-22(31-3)13-9-20)28(25(30)17-27)16-19-6-10-21(26)11-7-19/h4-13,18,23H,14-17H2,1-3H3. The van der Waals surface area contributed by atoms with Gasteiger partial charge in [-0.3, -0.25) is 9.59 Å². The zero-order chi connectivity index (χ0) is 22.4. The van der Waals surface area contributed by atoms with E-state index in [9.17, 15) is 14.0 Å². The molecule has 0 aliphatic carbocycles. The number of hydrogen-bond donors (Lipinski definition) is 0. The zero-order valence-electron chi connectivity index (χ0n) is 18.3. The highest BCUT2D eigenvalue weighted by atomic mass is 19.1. The Morgan fingerprint density at radius 2 is 1.81 bits per heavy atom. The van der Waals surface area contributed by atoms with Crippen molar-refractivity contribution in [1.82, 2.24) is 9.80 Å². The Bertz CT molecular complexity index is 923. The number of amides is 2. The number of hydrogen-bond acceptors (Lipinski definition) is 3. The molecule has 0 aromatic heterocycles. The van der Waals surface area contributed by atoms with Crippen molar-refractivity contribution in [2.75, 3.05) is 20.2 Å². The summed E-state index contributed by atoms with van der Waals surface area (Å²) in [7, 11) is 1.61. The number of halogens is 1. The molecule has 6 heteroatoms. The van der Waals surface area contributed by atoms with Gasteiger partial charge in [-0.2, -0.15) is 0 Å². The van der Waals surface area contributed by atoms with Gasteiger partial charge in [-0.1, -0.05) is 50.3 Å². The molecule has 0 radical (unpaired) electrons. The minimum Gasteiger partial charge on any atom is -0.497 e. The molecule has 0 spiro atoms. The van der Waals surface area contributed by atoms with Crippen LogP contribution in [0.4, 0.5) is 4.39 Å². The van der Waals surface area contributed by atoms with Crippen LogP contribution in [0.15, 0.2) is 60.7 Å². The van der Waals surface area contributed by atoms with Crippen molar-refractivity contribution in [3.05, 3.63) is 77.6 Å². The Balaban J connectivity index is 1.92. The maximum atomic E-state index is 13.4. The van der Waals surface area contributed by atoms with Gasteiger partial charge in [0.1, 0.15) is 18.1 Å². The predicted octanol–water partition coefficient (Wildman–Crippen LogP) is 4.35. The van der Waals surface area contributed by atoms with E-state index in [1.54, 1.807) is 29.0 Å². The van der Waals surface area contributed by atoms with Crippen molar-refractivity contribution in [3.8, 4) is 5.75 Å². The third-order valence-electron chi connectivity index (χ3n) is 5.29. The van der Waals surface area contributed by atoms with Crippen LogP contribution in [0, 0.1) is 11.7 Å². The summed E-state index contributed by atoms with van der Waals surface area (Å²) in [5.74, 6) is 0.462. The van der Waals surface area contributed by atoms with E-state index in [4.69, 9.17) is 4.74 Å². The molecule has 5 nitrogen and oxygen atoms in total. The van der Waals surface area contributed by atoms with Gasteiger partial charge in [0.25, 0.3) is 0 Å². The summed E-state index contributed by atoms with van der Waals surface area (Å²) in [6.45, 7) is 4.70. The van der Waals surface area contributed by atoms with E-state index in [1.165, 1.54) is 12.1 Å². The molecule has 1 aliphatic rings. The van der Waals surface area contributed by atoms with Crippen LogP contribution in [0.2, 0.25) is 0 Å². The summed E-state index contributed by atoms with van der Waals surface area (Å²) >= 11 is 0. The molecule has 1 unspecified atom stereocenters. The number of methoxy groups -OCH3 is 1. The molecule has 2 aromatic carbocycles. The molecule has 2 aromatic rings. The highest BCUT2D eigenvalue weighted by Gasteiger charge is 2.28. The Kier molecular flexibility index (Phi) is 7.45. The van der Waals surface area contributed by atoms with E-state index in [0.29, 0.717) is 19.5 Å². The molecule has 164 valence electrons. The lowest BCUT2D eigenvalue weighted by Crippen LogP contribution is -2.45. The van der Waals surface area contributed by atoms with Crippen molar-refractivity contribution in [2.45, 2.75) is 32.9 Å². The maximum absolute atomic E-state index is 13.4. The normalized spacial score (nSPS) is 16.9. The SMILES string of the molecule is COc1ccc(C2C=CCN(C(=O)CC(C)C)CC(=O)N2Cc2ccc(F)cc2)cc1. The minimum atomic E-state index is -0.320. The second-order valence-electron chi connectivity index (χ2n) is 8.17. The highest BCUT2D eigenvalue weighted by Crippen LogP contribution is 2.28. The van der Waals surface area contributed by atoms with Crippen LogP contribution in [-0.2, 0) is 16.1 Å². The molecule has 0 fully saturated rings. The summed E-state index contributed by atoms with van der Waals surface area (Å²) in [6, 6.07) is 13.4. The first-order chi connectivity index (χ1) is 14.9. The maximum Gasteiger partial charge on any atom is 0.243 e. The number of ether oxygens (including phenoxy) is 1. The number of carbonyl (C=O) groups excluding carboxylic acids is 2. The third kappa shape index (κ3) is 5.94. The van der Waals surface area contributed by atoms with Crippen LogP contribution in [0.3, 0.4) is 0 Å². The van der Waals surface area contributed by atoms with E-state index >= 15 is 0 Å². The van der Waals surface area contributed by atoms with Crippen LogP contribution >= 0.6 is 0 Å². The van der Waals surface area contributed by atoms with Crippen molar-refractivity contribution in [1.29, 1.82) is 0 Å². The molecule has 1 heterocycles. The first-order valence-electron chi connectivity index (χ1n) is 10.5. The van der Waals surface area contributed by atoms with Gasteiger partial charge in [-0.15, -0.1) is 0 Å². The largest absolute Gasteiger partial charge is 0.497 e. The summed E-state index contributed by atoms with van der Waals surface area (Å²) in [4.78, 5) is 29.3. The molecule has 0 bridgehead atoms. The lowest BCUT2D eigenvalue weighted by atomic mass is 10.0. The molecule has 31 heavy (non-hydrogen) atoms. The van der Waals surface area contributed by atoms with Crippen LogP contribution in [-0.4, -0.2) is 41.8 Å². The van der Waals surface area contributed by atoms with Crippen LogP contribution in [0.5, 0.6) is 5.75 Å². The fraction of sp³-hybridized carbons (Fsp3) is 0.360.